The Morgan fingerprint density at radius 3 is 2.86 bits per heavy atom. The largest absolute Gasteiger partial charge is 0.360 e. The monoisotopic (exact) mass is 303 g/mol. The van der Waals surface area contributed by atoms with Crippen molar-refractivity contribution in [2.45, 2.75) is 6.92 Å². The Hall–Kier alpha value is -2.60. The van der Waals surface area contributed by atoms with Crippen LogP contribution in [0.2, 0.25) is 5.02 Å². The van der Waals surface area contributed by atoms with E-state index in [2.05, 4.69) is 15.5 Å². The number of halogens is 1. The van der Waals surface area contributed by atoms with E-state index in [0.717, 1.165) is 0 Å². The van der Waals surface area contributed by atoms with Gasteiger partial charge in [-0.2, -0.15) is 0 Å². The zero-order chi connectivity index (χ0) is 15.0. The predicted octanol–water partition coefficient (Wildman–Crippen LogP) is 2.94. The van der Waals surface area contributed by atoms with E-state index < -0.39 is 11.7 Å². The summed E-state index contributed by atoms with van der Waals surface area (Å²) in [6, 6.07) is 6.56. The van der Waals surface area contributed by atoms with Crippen LogP contribution in [0, 0.1) is 6.92 Å². The molecule has 1 amide bonds. The molecule has 0 spiro atoms. The summed E-state index contributed by atoms with van der Waals surface area (Å²) in [5.41, 5.74) is 0.968. The van der Waals surface area contributed by atoms with Gasteiger partial charge in [0, 0.05) is 28.2 Å². The molecule has 0 atom stereocenters. The van der Waals surface area contributed by atoms with Gasteiger partial charge in [0.15, 0.2) is 5.82 Å². The lowest BCUT2D eigenvalue weighted by Gasteiger charge is -1.99. The zero-order valence-electron chi connectivity index (χ0n) is 10.9. The van der Waals surface area contributed by atoms with E-state index in [1.807, 2.05) is 0 Å². The third-order valence-electron chi connectivity index (χ3n) is 2.96. The van der Waals surface area contributed by atoms with E-state index in [9.17, 15) is 9.59 Å². The first-order valence-electron chi connectivity index (χ1n) is 6.10. The molecule has 3 rings (SSSR count). The molecule has 0 aliphatic heterocycles. The fraction of sp³-hybridized carbons (Fsp3) is 0.0714. The van der Waals surface area contributed by atoms with Gasteiger partial charge in [0.2, 0.25) is 0 Å². The van der Waals surface area contributed by atoms with Crippen LogP contribution in [-0.4, -0.2) is 21.8 Å². The molecule has 1 aromatic carbocycles. The number of H-pyrrole nitrogens is 1. The highest BCUT2D eigenvalue weighted by molar-refractivity contribution is 6.48. The van der Waals surface area contributed by atoms with Gasteiger partial charge >= 0.3 is 0 Å². The second kappa shape index (κ2) is 5.06. The number of nitrogens with one attached hydrogen (secondary N) is 2. The molecule has 2 heterocycles. The lowest BCUT2D eigenvalue weighted by atomic mass is 10.1. The predicted molar refractivity (Wildman–Crippen MR) is 77.5 cm³/mol. The van der Waals surface area contributed by atoms with Crippen molar-refractivity contribution in [1.82, 2.24) is 10.1 Å². The van der Waals surface area contributed by atoms with Gasteiger partial charge in [-0.15, -0.1) is 0 Å². The molecule has 2 aromatic heterocycles. The minimum absolute atomic E-state index is 0.203. The van der Waals surface area contributed by atoms with E-state index in [0.29, 0.717) is 21.7 Å². The third kappa shape index (κ3) is 2.53. The number of fused-ring (bicyclic) bond motifs is 1. The van der Waals surface area contributed by atoms with Gasteiger partial charge in [-0.3, -0.25) is 9.59 Å². The Balaban J connectivity index is 1.88. The van der Waals surface area contributed by atoms with Crippen LogP contribution in [0.15, 0.2) is 35.0 Å². The highest BCUT2D eigenvalue weighted by Crippen LogP contribution is 2.22. The fourth-order valence-electron chi connectivity index (χ4n) is 2.01. The number of benzene rings is 1. The highest BCUT2D eigenvalue weighted by atomic mass is 35.5. The molecular weight excluding hydrogens is 294 g/mol. The number of hydrogen-bond acceptors (Lipinski definition) is 4. The maximum atomic E-state index is 12.2. The summed E-state index contributed by atoms with van der Waals surface area (Å²) in [6.45, 7) is 1.69. The number of aryl methyl sites for hydroxylation is 1. The Bertz CT molecular complexity index is 850. The van der Waals surface area contributed by atoms with Gasteiger partial charge in [0.05, 0.1) is 5.56 Å². The molecule has 6 nitrogen and oxygen atoms in total. The van der Waals surface area contributed by atoms with E-state index in [1.54, 1.807) is 25.1 Å². The molecule has 21 heavy (non-hydrogen) atoms. The number of rotatable bonds is 3. The SMILES string of the molecule is Cc1cc(NC(=O)C(=O)c2c[nH]c3cc(Cl)ccc23)no1. The summed E-state index contributed by atoms with van der Waals surface area (Å²) >= 11 is 5.88. The maximum Gasteiger partial charge on any atom is 0.298 e. The van der Waals surface area contributed by atoms with Crippen molar-refractivity contribution in [3.8, 4) is 0 Å². The van der Waals surface area contributed by atoms with Crippen LogP contribution in [0.5, 0.6) is 0 Å². The Labute approximate surface area is 124 Å². The van der Waals surface area contributed by atoms with Crippen molar-refractivity contribution in [2.75, 3.05) is 5.32 Å². The van der Waals surface area contributed by atoms with Crippen LogP contribution in [0.25, 0.3) is 10.9 Å². The first kappa shape index (κ1) is 13.4. The van der Waals surface area contributed by atoms with E-state index in [-0.39, 0.29) is 11.4 Å². The molecule has 0 fully saturated rings. The van der Waals surface area contributed by atoms with Gasteiger partial charge in [-0.1, -0.05) is 22.8 Å². The van der Waals surface area contributed by atoms with Crippen molar-refractivity contribution in [3.05, 3.63) is 46.8 Å². The number of Topliss-reactive ketones (excluding diaryl/α,β-unsaturated/α-hetero) is 1. The zero-order valence-corrected chi connectivity index (χ0v) is 11.7. The van der Waals surface area contributed by atoms with E-state index >= 15 is 0 Å². The molecule has 0 aliphatic rings. The van der Waals surface area contributed by atoms with Crippen molar-refractivity contribution < 1.29 is 14.1 Å². The summed E-state index contributed by atoms with van der Waals surface area (Å²) < 4.78 is 4.82. The molecule has 0 bridgehead atoms. The maximum absolute atomic E-state index is 12.2. The lowest BCUT2D eigenvalue weighted by Crippen LogP contribution is -2.22. The van der Waals surface area contributed by atoms with Crippen molar-refractivity contribution in [3.63, 3.8) is 0 Å². The van der Waals surface area contributed by atoms with Crippen LogP contribution in [0.4, 0.5) is 5.82 Å². The molecule has 0 radical (unpaired) electrons. The molecule has 2 N–H and O–H groups in total. The minimum atomic E-state index is -0.779. The molecule has 106 valence electrons. The Kier molecular flexibility index (Phi) is 3.23. The van der Waals surface area contributed by atoms with Crippen LogP contribution in [-0.2, 0) is 4.79 Å². The highest BCUT2D eigenvalue weighted by Gasteiger charge is 2.21. The lowest BCUT2D eigenvalue weighted by molar-refractivity contribution is -0.112. The van der Waals surface area contributed by atoms with Gasteiger partial charge in [0.1, 0.15) is 5.76 Å². The molecule has 0 saturated heterocycles. The first-order chi connectivity index (χ1) is 10.0. The van der Waals surface area contributed by atoms with Crippen LogP contribution >= 0.6 is 11.6 Å². The second-order valence-corrected chi connectivity index (χ2v) is 4.93. The molecule has 7 heteroatoms. The normalized spacial score (nSPS) is 10.8. The summed E-state index contributed by atoms with van der Waals surface area (Å²) in [5, 5.41) is 7.18. The molecular formula is C14H10ClN3O3. The summed E-state index contributed by atoms with van der Waals surface area (Å²) in [7, 11) is 0. The molecule has 3 aromatic rings. The van der Waals surface area contributed by atoms with E-state index in [4.69, 9.17) is 16.1 Å². The molecule has 0 unspecified atom stereocenters. The number of hydrogen-bond donors (Lipinski definition) is 2. The third-order valence-corrected chi connectivity index (χ3v) is 3.20. The van der Waals surface area contributed by atoms with Gasteiger partial charge in [-0.05, 0) is 19.1 Å². The Morgan fingerprint density at radius 2 is 2.14 bits per heavy atom. The summed E-state index contributed by atoms with van der Waals surface area (Å²) in [5.74, 6) is -0.698. The standard InChI is InChI=1S/C14H10ClN3O3/c1-7-4-12(18-21-7)17-14(20)13(19)10-6-16-11-5-8(15)2-3-9(10)11/h2-6,16H,1H3,(H,17,18,20). The van der Waals surface area contributed by atoms with Crippen molar-refractivity contribution in [1.29, 1.82) is 0 Å². The Morgan fingerprint density at radius 1 is 1.33 bits per heavy atom. The summed E-state index contributed by atoms with van der Waals surface area (Å²) in [6.07, 6.45) is 1.48. The number of carbonyl (C=O) groups is 2. The van der Waals surface area contributed by atoms with Gasteiger partial charge in [-0.25, -0.2) is 0 Å². The molecule has 0 aliphatic carbocycles. The van der Waals surface area contributed by atoms with E-state index in [1.165, 1.54) is 12.3 Å². The number of aromatic amines is 1. The second-order valence-electron chi connectivity index (χ2n) is 4.50. The van der Waals surface area contributed by atoms with Crippen molar-refractivity contribution >= 4 is 40.0 Å². The number of anilines is 1. The van der Waals surface area contributed by atoms with Gasteiger partial charge < -0.3 is 14.8 Å². The first-order valence-corrected chi connectivity index (χ1v) is 6.48. The number of aromatic nitrogens is 2. The fourth-order valence-corrected chi connectivity index (χ4v) is 2.18. The van der Waals surface area contributed by atoms with Crippen LogP contribution in [0.3, 0.4) is 0 Å². The number of nitrogens with zero attached hydrogens (tertiary/aromatic N) is 1. The average Bonchev–Trinajstić information content (AvgIpc) is 3.03. The average molecular weight is 304 g/mol. The van der Waals surface area contributed by atoms with Gasteiger partial charge in [0.25, 0.3) is 11.7 Å². The number of ketones is 1. The number of carbonyl (C=O) groups excluding carboxylic acids is 2. The summed E-state index contributed by atoms with van der Waals surface area (Å²) in [4.78, 5) is 27.1. The smallest absolute Gasteiger partial charge is 0.298 e. The van der Waals surface area contributed by atoms with Crippen LogP contribution in [0.1, 0.15) is 16.1 Å². The minimum Gasteiger partial charge on any atom is -0.360 e. The topological polar surface area (TPSA) is 88.0 Å². The quantitative estimate of drug-likeness (QED) is 0.575. The van der Waals surface area contributed by atoms with Crippen molar-refractivity contribution in [2.24, 2.45) is 0 Å². The van der Waals surface area contributed by atoms with Crippen LogP contribution < -0.4 is 5.32 Å². The molecule has 0 saturated carbocycles. The number of amides is 1.